The summed E-state index contributed by atoms with van der Waals surface area (Å²) in [6, 6.07) is 12.3. The Morgan fingerprint density at radius 2 is 1.59 bits per heavy atom. The standard InChI is InChI=1S/C23H19Br2N7S.C2H4O2/c24-12-1-3-14-16(9-29-18(14)7-12)20-11-31-21(22(32-20)33-6-5-28-23(26)27)17-10-30-19-8-13(25)2-4-15(17)19;1-2(3)4/h1-4,7-11,29-30H,5-6H2,(H4,26,27,28);1H3,(H,3,4). The van der Waals surface area contributed by atoms with E-state index in [9.17, 15) is 0 Å². The predicted octanol–water partition coefficient (Wildman–Crippen LogP) is 5.75. The molecule has 0 aliphatic rings. The van der Waals surface area contributed by atoms with Gasteiger partial charge in [-0.15, -0.1) is 11.8 Å². The van der Waals surface area contributed by atoms with Crippen molar-refractivity contribution >= 4 is 77.4 Å². The Morgan fingerprint density at radius 3 is 2.19 bits per heavy atom. The molecule has 0 fully saturated rings. The third-order valence-corrected chi connectivity index (χ3v) is 7.11. The van der Waals surface area contributed by atoms with Gasteiger partial charge in [0.25, 0.3) is 5.97 Å². The summed E-state index contributed by atoms with van der Waals surface area (Å²) in [5, 5.41) is 10.4. The van der Waals surface area contributed by atoms with Crippen molar-refractivity contribution < 1.29 is 9.90 Å². The number of H-pyrrole nitrogens is 2. The summed E-state index contributed by atoms with van der Waals surface area (Å²) >= 11 is 8.64. The number of aliphatic imine (C=N–C) groups is 1. The van der Waals surface area contributed by atoms with Crippen molar-refractivity contribution in [3.8, 4) is 22.5 Å². The lowest BCUT2D eigenvalue weighted by Gasteiger charge is -2.09. The fourth-order valence-corrected chi connectivity index (χ4v) is 5.27. The van der Waals surface area contributed by atoms with Crippen LogP contribution in [0, 0.1) is 0 Å². The van der Waals surface area contributed by atoms with Gasteiger partial charge in [0.15, 0.2) is 5.96 Å². The first-order chi connectivity index (χ1) is 17.7. The smallest absolute Gasteiger partial charge is 0.300 e. The van der Waals surface area contributed by atoms with E-state index in [2.05, 4.69) is 71.1 Å². The number of benzene rings is 2. The number of thioether (sulfide) groups is 1. The molecule has 3 aromatic heterocycles. The van der Waals surface area contributed by atoms with Crippen molar-refractivity contribution in [3.05, 3.63) is 63.9 Å². The molecular formula is C25H23Br2N7O2S. The van der Waals surface area contributed by atoms with Crippen LogP contribution in [0.2, 0.25) is 0 Å². The second-order valence-electron chi connectivity index (χ2n) is 7.87. The van der Waals surface area contributed by atoms with Crippen LogP contribution in [0.25, 0.3) is 44.3 Å². The van der Waals surface area contributed by atoms with E-state index in [0.717, 1.165) is 65.2 Å². The van der Waals surface area contributed by atoms with Crippen LogP contribution >= 0.6 is 43.6 Å². The summed E-state index contributed by atoms with van der Waals surface area (Å²) in [5.74, 6) is -0.0690. The van der Waals surface area contributed by atoms with Gasteiger partial charge in [-0.05, 0) is 24.3 Å². The molecule has 3 heterocycles. The summed E-state index contributed by atoms with van der Waals surface area (Å²) in [4.78, 5) is 29.6. The number of aromatic amines is 2. The Kier molecular flexibility index (Phi) is 8.52. The van der Waals surface area contributed by atoms with Gasteiger partial charge < -0.3 is 26.5 Å². The van der Waals surface area contributed by atoms with Crippen molar-refractivity contribution in [2.75, 3.05) is 12.3 Å². The molecule has 0 unspecified atom stereocenters. The van der Waals surface area contributed by atoms with Gasteiger partial charge in [0, 0.05) is 66.9 Å². The number of guanidine groups is 1. The van der Waals surface area contributed by atoms with Crippen LogP contribution in [0.15, 0.2) is 74.0 Å². The molecule has 0 saturated heterocycles. The van der Waals surface area contributed by atoms with Crippen molar-refractivity contribution in [2.24, 2.45) is 16.5 Å². The average molecular weight is 645 g/mol. The Labute approximate surface area is 233 Å². The van der Waals surface area contributed by atoms with Gasteiger partial charge in [0.05, 0.1) is 18.4 Å². The lowest BCUT2D eigenvalue weighted by atomic mass is 10.1. The highest BCUT2D eigenvalue weighted by Crippen LogP contribution is 2.36. The molecule has 9 nitrogen and oxygen atoms in total. The van der Waals surface area contributed by atoms with Gasteiger partial charge >= 0.3 is 0 Å². The summed E-state index contributed by atoms with van der Waals surface area (Å²) in [6.45, 7) is 1.58. The zero-order chi connectivity index (χ0) is 26.5. The third-order valence-electron chi connectivity index (χ3n) is 5.18. The zero-order valence-electron chi connectivity index (χ0n) is 19.6. The van der Waals surface area contributed by atoms with E-state index in [4.69, 9.17) is 31.3 Å². The predicted molar refractivity (Wildman–Crippen MR) is 157 cm³/mol. The second-order valence-corrected chi connectivity index (χ2v) is 10.8. The quantitative estimate of drug-likeness (QED) is 0.0680. The van der Waals surface area contributed by atoms with Crippen LogP contribution in [0.1, 0.15) is 6.92 Å². The van der Waals surface area contributed by atoms with Crippen molar-refractivity contribution in [1.82, 2.24) is 19.9 Å². The molecule has 0 spiro atoms. The SMILES string of the molecule is CC(=O)O.NC(N)=NCCSc1nc(-c2c[nH]c3cc(Br)ccc23)cnc1-c1c[nH]c2cc(Br)ccc12. The molecule has 0 aliphatic heterocycles. The Bertz CT molecular complexity index is 1610. The van der Waals surface area contributed by atoms with E-state index in [1.807, 2.05) is 30.7 Å². The average Bonchev–Trinajstić information content (AvgIpc) is 3.44. The molecule has 2 aromatic carbocycles. The van der Waals surface area contributed by atoms with Crippen LogP contribution < -0.4 is 11.5 Å². The number of carbonyl (C=O) groups is 1. The molecule has 37 heavy (non-hydrogen) atoms. The summed E-state index contributed by atoms with van der Waals surface area (Å²) < 4.78 is 2.04. The molecule has 0 atom stereocenters. The fraction of sp³-hybridized carbons (Fsp3) is 0.120. The molecular weight excluding hydrogens is 622 g/mol. The Morgan fingerprint density at radius 1 is 1.03 bits per heavy atom. The van der Waals surface area contributed by atoms with Crippen molar-refractivity contribution in [3.63, 3.8) is 0 Å². The summed E-state index contributed by atoms with van der Waals surface area (Å²) in [6.07, 6.45) is 5.78. The first-order valence-electron chi connectivity index (χ1n) is 11.0. The maximum Gasteiger partial charge on any atom is 0.300 e. The number of aliphatic carboxylic acids is 1. The highest BCUT2D eigenvalue weighted by atomic mass is 79.9. The van der Waals surface area contributed by atoms with Gasteiger partial charge in [-0.25, -0.2) is 4.98 Å². The molecule has 5 rings (SSSR count). The maximum absolute atomic E-state index is 9.00. The highest BCUT2D eigenvalue weighted by Gasteiger charge is 2.17. The normalized spacial score (nSPS) is 10.8. The zero-order valence-corrected chi connectivity index (χ0v) is 23.6. The molecule has 5 aromatic rings. The number of hydrogen-bond acceptors (Lipinski definition) is 5. The largest absolute Gasteiger partial charge is 0.481 e. The van der Waals surface area contributed by atoms with E-state index in [-0.39, 0.29) is 5.96 Å². The van der Waals surface area contributed by atoms with E-state index >= 15 is 0 Å². The van der Waals surface area contributed by atoms with E-state index in [0.29, 0.717) is 12.3 Å². The molecule has 12 heteroatoms. The number of nitrogens with zero attached hydrogens (tertiary/aromatic N) is 3. The third kappa shape index (κ3) is 6.51. The van der Waals surface area contributed by atoms with Gasteiger partial charge in [-0.2, -0.15) is 0 Å². The van der Waals surface area contributed by atoms with Gasteiger partial charge in [0.2, 0.25) is 0 Å². The van der Waals surface area contributed by atoms with Crippen molar-refractivity contribution in [1.29, 1.82) is 0 Å². The molecule has 0 radical (unpaired) electrons. The number of fused-ring (bicyclic) bond motifs is 2. The summed E-state index contributed by atoms with van der Waals surface area (Å²) in [5.41, 5.74) is 16.7. The molecule has 0 bridgehead atoms. The number of carboxylic acid groups (broad SMARTS) is 1. The first kappa shape index (κ1) is 26.7. The molecule has 0 aliphatic carbocycles. The van der Waals surface area contributed by atoms with Crippen molar-refractivity contribution in [2.45, 2.75) is 11.9 Å². The molecule has 7 N–H and O–H groups in total. The van der Waals surface area contributed by atoms with E-state index < -0.39 is 5.97 Å². The number of aromatic nitrogens is 4. The number of carboxylic acids is 1. The number of hydrogen-bond donors (Lipinski definition) is 5. The van der Waals surface area contributed by atoms with Crippen LogP contribution in [-0.2, 0) is 4.79 Å². The lowest BCUT2D eigenvalue weighted by Crippen LogP contribution is -2.23. The number of halogens is 2. The maximum atomic E-state index is 9.00. The van der Waals surface area contributed by atoms with Gasteiger partial charge in [-0.1, -0.05) is 44.0 Å². The molecule has 0 saturated carbocycles. The van der Waals surface area contributed by atoms with Crippen LogP contribution in [-0.4, -0.2) is 49.3 Å². The van der Waals surface area contributed by atoms with E-state index in [1.54, 1.807) is 11.8 Å². The first-order valence-corrected chi connectivity index (χ1v) is 13.6. The monoisotopic (exact) mass is 643 g/mol. The molecule has 190 valence electrons. The minimum absolute atomic E-state index is 0.0859. The van der Waals surface area contributed by atoms with Crippen LogP contribution in [0.4, 0.5) is 0 Å². The van der Waals surface area contributed by atoms with E-state index in [1.165, 1.54) is 0 Å². The fourth-order valence-electron chi connectivity index (χ4n) is 3.71. The Hall–Kier alpha value is -3.35. The number of nitrogens with two attached hydrogens (primary N) is 2. The Balaban J connectivity index is 0.000000747. The van der Waals surface area contributed by atoms with Crippen LogP contribution in [0.5, 0.6) is 0 Å². The topological polar surface area (TPSA) is 159 Å². The number of nitrogens with one attached hydrogen (secondary N) is 2. The second kappa shape index (κ2) is 11.8. The lowest BCUT2D eigenvalue weighted by molar-refractivity contribution is -0.134. The van der Waals surface area contributed by atoms with Gasteiger partial charge in [0.1, 0.15) is 10.7 Å². The number of rotatable bonds is 6. The minimum Gasteiger partial charge on any atom is -0.481 e. The van der Waals surface area contributed by atoms with Crippen LogP contribution in [0.3, 0.4) is 0 Å². The molecule has 0 amide bonds. The minimum atomic E-state index is -0.833. The summed E-state index contributed by atoms with van der Waals surface area (Å²) in [7, 11) is 0. The van der Waals surface area contributed by atoms with Gasteiger partial charge in [-0.3, -0.25) is 14.8 Å². The highest BCUT2D eigenvalue weighted by molar-refractivity contribution is 9.10.